The Bertz CT molecular complexity index is 1050. The molecule has 30 heavy (non-hydrogen) atoms. The van der Waals surface area contributed by atoms with Crippen LogP contribution in [0.3, 0.4) is 0 Å². The van der Waals surface area contributed by atoms with Crippen molar-refractivity contribution in [3.8, 4) is 5.75 Å². The molecule has 1 aliphatic carbocycles. The lowest BCUT2D eigenvalue weighted by Gasteiger charge is -2.34. The van der Waals surface area contributed by atoms with Crippen LogP contribution >= 0.6 is 0 Å². The van der Waals surface area contributed by atoms with E-state index in [4.69, 9.17) is 9.15 Å². The van der Waals surface area contributed by atoms with E-state index in [0.717, 1.165) is 73.5 Å². The second kappa shape index (κ2) is 8.17. The van der Waals surface area contributed by atoms with Gasteiger partial charge in [0, 0.05) is 49.3 Å². The van der Waals surface area contributed by atoms with Gasteiger partial charge in [-0.3, -0.25) is 4.79 Å². The number of imidazole rings is 1. The van der Waals surface area contributed by atoms with Gasteiger partial charge in [-0.15, -0.1) is 0 Å². The summed E-state index contributed by atoms with van der Waals surface area (Å²) >= 11 is 0. The van der Waals surface area contributed by atoms with Crippen molar-refractivity contribution in [3.63, 3.8) is 0 Å². The zero-order valence-electron chi connectivity index (χ0n) is 17.6. The predicted molar refractivity (Wildman–Crippen MR) is 115 cm³/mol. The van der Waals surface area contributed by atoms with E-state index in [1.165, 1.54) is 18.4 Å². The third-order valence-electron chi connectivity index (χ3n) is 6.50. The molecular formula is C24H29N3O3. The highest BCUT2D eigenvalue weighted by Gasteiger charge is 2.26. The Kier molecular flexibility index (Phi) is 5.23. The molecule has 6 nitrogen and oxygen atoms in total. The minimum absolute atomic E-state index is 0.0483. The van der Waals surface area contributed by atoms with Gasteiger partial charge in [0.2, 0.25) is 0 Å². The molecule has 2 aromatic heterocycles. The monoisotopic (exact) mass is 407 g/mol. The molecule has 1 aromatic carbocycles. The number of hydrogen-bond acceptors (Lipinski definition) is 4. The first-order valence-corrected chi connectivity index (χ1v) is 11.2. The topological polar surface area (TPSA) is 60.5 Å². The molecule has 0 N–H and O–H groups in total. The zero-order valence-corrected chi connectivity index (χ0v) is 17.6. The molecule has 158 valence electrons. The number of fused-ring (bicyclic) bond motifs is 3. The molecule has 1 saturated heterocycles. The van der Waals surface area contributed by atoms with Gasteiger partial charge in [0.15, 0.2) is 6.61 Å². The van der Waals surface area contributed by atoms with Gasteiger partial charge in [-0.2, -0.15) is 0 Å². The van der Waals surface area contributed by atoms with Gasteiger partial charge in [-0.05, 0) is 50.3 Å². The maximum Gasteiger partial charge on any atom is 0.260 e. The van der Waals surface area contributed by atoms with E-state index < -0.39 is 0 Å². The molecule has 6 heteroatoms. The van der Waals surface area contributed by atoms with Gasteiger partial charge < -0.3 is 18.6 Å². The van der Waals surface area contributed by atoms with Crippen molar-refractivity contribution in [1.29, 1.82) is 0 Å². The van der Waals surface area contributed by atoms with Crippen LogP contribution in [0, 0.1) is 0 Å². The number of benzene rings is 1. The van der Waals surface area contributed by atoms with Crippen LogP contribution in [0.5, 0.6) is 5.75 Å². The van der Waals surface area contributed by atoms with Gasteiger partial charge in [0.25, 0.3) is 5.91 Å². The third kappa shape index (κ3) is 3.59. The van der Waals surface area contributed by atoms with Crippen LogP contribution in [0.4, 0.5) is 0 Å². The quantitative estimate of drug-likeness (QED) is 0.632. The van der Waals surface area contributed by atoms with Crippen LogP contribution in [-0.2, 0) is 24.1 Å². The summed E-state index contributed by atoms with van der Waals surface area (Å²) in [7, 11) is 0. The Balaban J connectivity index is 1.24. The smallest absolute Gasteiger partial charge is 0.260 e. The highest BCUT2D eigenvalue weighted by molar-refractivity contribution is 5.84. The Morgan fingerprint density at radius 2 is 2.17 bits per heavy atom. The van der Waals surface area contributed by atoms with Crippen LogP contribution in [-0.4, -0.2) is 40.1 Å². The Labute approximate surface area is 176 Å². The first-order chi connectivity index (χ1) is 14.7. The predicted octanol–water partition coefficient (Wildman–Crippen LogP) is 4.31. The lowest BCUT2D eigenvalue weighted by atomic mass is 9.96. The second-order valence-electron chi connectivity index (χ2n) is 8.40. The van der Waals surface area contributed by atoms with Gasteiger partial charge in [-0.1, -0.05) is 6.92 Å². The molecule has 1 atom stereocenters. The number of hydrogen-bond donors (Lipinski definition) is 0. The number of aromatic nitrogens is 2. The second-order valence-corrected chi connectivity index (χ2v) is 8.40. The number of carbonyl (C=O) groups excluding carboxylic acids is 1. The van der Waals surface area contributed by atoms with E-state index in [-0.39, 0.29) is 12.5 Å². The third-order valence-corrected chi connectivity index (χ3v) is 6.50. The molecule has 2 aliphatic rings. The minimum Gasteiger partial charge on any atom is -0.484 e. The first kappa shape index (κ1) is 19.2. The van der Waals surface area contributed by atoms with Gasteiger partial charge >= 0.3 is 0 Å². The minimum atomic E-state index is 0.0483. The van der Waals surface area contributed by atoms with Crippen molar-refractivity contribution in [3.05, 3.63) is 47.7 Å². The fourth-order valence-corrected chi connectivity index (χ4v) is 4.93. The maximum atomic E-state index is 12.8. The highest BCUT2D eigenvalue weighted by Crippen LogP contribution is 2.34. The fourth-order valence-electron chi connectivity index (χ4n) is 4.93. The number of carbonyl (C=O) groups is 1. The summed E-state index contributed by atoms with van der Waals surface area (Å²) in [5.74, 6) is 2.99. The summed E-state index contributed by atoms with van der Waals surface area (Å²) in [4.78, 5) is 19.2. The number of nitrogens with zero attached hydrogens (tertiary/aromatic N) is 3. The summed E-state index contributed by atoms with van der Waals surface area (Å²) in [5.41, 5.74) is 2.24. The van der Waals surface area contributed by atoms with Crippen LogP contribution in [0.2, 0.25) is 0 Å². The van der Waals surface area contributed by atoms with Crippen molar-refractivity contribution in [2.75, 3.05) is 19.7 Å². The van der Waals surface area contributed by atoms with Crippen LogP contribution in [0.1, 0.15) is 55.8 Å². The van der Waals surface area contributed by atoms with Crippen molar-refractivity contribution < 1.29 is 13.9 Å². The molecule has 3 heterocycles. The van der Waals surface area contributed by atoms with E-state index >= 15 is 0 Å². The first-order valence-electron chi connectivity index (χ1n) is 11.2. The Hall–Kier alpha value is -2.76. The molecule has 0 radical (unpaired) electrons. The summed E-state index contributed by atoms with van der Waals surface area (Å²) in [5, 5.41) is 1.14. The molecule has 3 aromatic rings. The molecule has 0 saturated carbocycles. The molecule has 5 rings (SSSR count). The van der Waals surface area contributed by atoms with E-state index in [1.807, 2.05) is 35.5 Å². The van der Waals surface area contributed by atoms with Crippen molar-refractivity contribution in [2.24, 2.45) is 0 Å². The van der Waals surface area contributed by atoms with Gasteiger partial charge in [0.1, 0.15) is 22.9 Å². The van der Waals surface area contributed by atoms with Gasteiger partial charge in [0.05, 0.1) is 6.04 Å². The van der Waals surface area contributed by atoms with Crippen molar-refractivity contribution >= 4 is 16.9 Å². The number of likely N-dealkylation sites (tertiary alicyclic amines) is 1. The molecule has 1 aliphatic heterocycles. The number of amides is 1. The number of piperidine rings is 1. The largest absolute Gasteiger partial charge is 0.484 e. The van der Waals surface area contributed by atoms with Crippen LogP contribution < -0.4 is 4.74 Å². The lowest BCUT2D eigenvalue weighted by molar-refractivity contribution is -0.135. The normalized spacial score (nSPS) is 19.1. The summed E-state index contributed by atoms with van der Waals surface area (Å²) < 4.78 is 14.1. The number of furan rings is 1. The number of aryl methyl sites for hydroxylation is 3. The fraction of sp³-hybridized carbons (Fsp3) is 0.500. The van der Waals surface area contributed by atoms with Crippen molar-refractivity contribution in [2.45, 2.75) is 57.9 Å². The zero-order chi connectivity index (χ0) is 20.5. The van der Waals surface area contributed by atoms with E-state index in [0.29, 0.717) is 6.04 Å². The molecular weight excluding hydrogens is 378 g/mol. The molecule has 0 bridgehead atoms. The van der Waals surface area contributed by atoms with Crippen LogP contribution in [0.15, 0.2) is 35.0 Å². The standard InChI is InChI=1S/C24H29N3O3/c1-2-23-25-11-13-27(23)17-6-5-12-26(15-17)24(28)16-29-18-9-10-22-20(14-18)19-7-3-4-8-21(19)30-22/h9-11,13-14,17H,2-8,12,15-16H2,1H3. The Morgan fingerprint density at radius 1 is 1.27 bits per heavy atom. The summed E-state index contributed by atoms with van der Waals surface area (Å²) in [6.45, 7) is 3.71. The molecule has 1 unspecified atom stereocenters. The van der Waals surface area contributed by atoms with Crippen molar-refractivity contribution in [1.82, 2.24) is 14.5 Å². The van der Waals surface area contributed by atoms with E-state index in [9.17, 15) is 4.79 Å². The summed E-state index contributed by atoms with van der Waals surface area (Å²) in [6, 6.07) is 6.21. The molecule has 0 spiro atoms. The molecule has 1 fully saturated rings. The number of rotatable bonds is 5. The molecule has 1 amide bonds. The van der Waals surface area contributed by atoms with E-state index in [2.05, 4.69) is 16.5 Å². The lowest BCUT2D eigenvalue weighted by Crippen LogP contribution is -2.43. The van der Waals surface area contributed by atoms with Crippen LogP contribution in [0.25, 0.3) is 11.0 Å². The van der Waals surface area contributed by atoms with E-state index in [1.54, 1.807) is 0 Å². The summed E-state index contributed by atoms with van der Waals surface area (Å²) in [6.07, 6.45) is 11.4. The number of ether oxygens (including phenoxy) is 1. The SMILES string of the molecule is CCc1nccn1C1CCCN(C(=O)COc2ccc3oc4c(c3c2)CCCC4)C1. The maximum absolute atomic E-state index is 12.8. The average molecular weight is 408 g/mol. The Morgan fingerprint density at radius 3 is 3.07 bits per heavy atom. The highest BCUT2D eigenvalue weighted by atomic mass is 16.5. The van der Waals surface area contributed by atoms with Gasteiger partial charge in [-0.25, -0.2) is 4.98 Å². The average Bonchev–Trinajstić information content (AvgIpc) is 3.41.